The van der Waals surface area contributed by atoms with Gasteiger partial charge >= 0.3 is 10.4 Å². The Labute approximate surface area is 70.5 Å². The normalized spacial score (nSPS) is 10.2. The Morgan fingerprint density at radius 1 is 1.67 bits per heavy atom. The molecule has 1 aromatic rings. The highest BCUT2D eigenvalue weighted by Crippen LogP contribution is 1.78. The van der Waals surface area contributed by atoms with Crippen LogP contribution in [0.5, 0.6) is 0 Å². The summed E-state index contributed by atoms with van der Waals surface area (Å²) in [6, 6.07) is 0. The van der Waals surface area contributed by atoms with Crippen molar-refractivity contribution in [2.75, 3.05) is 7.11 Å². The molecule has 0 radical (unpaired) electrons. The SMILES string of the molecule is COS(=O)(=O)O.Cc1ncc[nH]1. The molecule has 0 saturated carbocycles. The van der Waals surface area contributed by atoms with Gasteiger partial charge in [-0.15, -0.1) is 0 Å². The van der Waals surface area contributed by atoms with Crippen molar-refractivity contribution in [2.24, 2.45) is 0 Å². The first-order valence-electron chi connectivity index (χ1n) is 2.94. The first kappa shape index (κ1) is 11.1. The number of imidazole rings is 1. The first-order valence-corrected chi connectivity index (χ1v) is 4.31. The Balaban J connectivity index is 0.000000202. The minimum Gasteiger partial charge on any atom is -0.349 e. The third-order valence-corrected chi connectivity index (χ3v) is 1.27. The van der Waals surface area contributed by atoms with Crippen molar-refractivity contribution < 1.29 is 17.2 Å². The van der Waals surface area contributed by atoms with Crippen molar-refractivity contribution in [1.82, 2.24) is 9.97 Å². The van der Waals surface area contributed by atoms with Crippen LogP contribution in [0.1, 0.15) is 5.82 Å². The number of rotatable bonds is 1. The van der Waals surface area contributed by atoms with E-state index in [9.17, 15) is 8.42 Å². The number of aryl methyl sites for hydroxylation is 1. The van der Waals surface area contributed by atoms with Crippen molar-refractivity contribution >= 4 is 10.4 Å². The predicted molar refractivity (Wildman–Crippen MR) is 41.9 cm³/mol. The van der Waals surface area contributed by atoms with Crippen molar-refractivity contribution in [3.8, 4) is 0 Å². The highest BCUT2D eigenvalue weighted by atomic mass is 32.3. The summed E-state index contributed by atoms with van der Waals surface area (Å²) in [7, 11) is -3.29. The van der Waals surface area contributed by atoms with E-state index in [-0.39, 0.29) is 0 Å². The summed E-state index contributed by atoms with van der Waals surface area (Å²) in [5.74, 6) is 0.968. The Kier molecular flexibility index (Phi) is 4.49. The number of aromatic nitrogens is 2. The second kappa shape index (κ2) is 4.86. The summed E-state index contributed by atoms with van der Waals surface area (Å²) in [4.78, 5) is 6.75. The minimum atomic E-state index is -4.16. The maximum Gasteiger partial charge on any atom is 0.397 e. The summed E-state index contributed by atoms with van der Waals surface area (Å²) in [5.41, 5.74) is 0. The van der Waals surface area contributed by atoms with E-state index < -0.39 is 10.4 Å². The van der Waals surface area contributed by atoms with Crippen LogP contribution in [0.4, 0.5) is 0 Å². The summed E-state index contributed by atoms with van der Waals surface area (Å²) in [6.07, 6.45) is 3.53. The van der Waals surface area contributed by atoms with Gasteiger partial charge in [0, 0.05) is 12.4 Å². The van der Waals surface area contributed by atoms with Crippen LogP contribution in [0.3, 0.4) is 0 Å². The van der Waals surface area contributed by atoms with Gasteiger partial charge in [0.2, 0.25) is 0 Å². The maximum atomic E-state index is 9.33. The van der Waals surface area contributed by atoms with E-state index in [0.717, 1.165) is 12.9 Å². The predicted octanol–water partition coefficient (Wildman–Crippen LogP) is 0.154. The molecule has 0 amide bonds. The molecule has 1 aromatic heterocycles. The fraction of sp³-hybridized carbons (Fsp3) is 0.400. The summed E-state index contributed by atoms with van der Waals surface area (Å²) < 4.78 is 29.7. The molecule has 2 N–H and O–H groups in total. The standard InChI is InChI=1S/C4H6N2.CH4O4S/c1-4-5-2-3-6-4;1-5-6(2,3)4/h2-3H,1H3,(H,5,6);1H3,(H,2,3,4). The van der Waals surface area contributed by atoms with Gasteiger partial charge in [-0.2, -0.15) is 8.42 Å². The molecule has 0 aliphatic heterocycles. The van der Waals surface area contributed by atoms with Crippen molar-refractivity contribution in [2.45, 2.75) is 6.92 Å². The van der Waals surface area contributed by atoms with E-state index in [0.29, 0.717) is 0 Å². The molecule has 0 aliphatic carbocycles. The Morgan fingerprint density at radius 3 is 2.25 bits per heavy atom. The first-order chi connectivity index (χ1) is 5.45. The zero-order valence-corrected chi connectivity index (χ0v) is 7.50. The van der Waals surface area contributed by atoms with Gasteiger partial charge in [-0.3, -0.25) is 8.74 Å². The lowest BCUT2D eigenvalue weighted by Crippen LogP contribution is -1.96. The molecular weight excluding hydrogens is 184 g/mol. The highest BCUT2D eigenvalue weighted by Gasteiger charge is 1.94. The fourth-order valence-corrected chi connectivity index (χ4v) is 0.344. The second-order valence-electron chi connectivity index (χ2n) is 1.77. The van der Waals surface area contributed by atoms with Crippen LogP contribution in [0.2, 0.25) is 0 Å². The van der Waals surface area contributed by atoms with Gasteiger partial charge in [0.1, 0.15) is 5.82 Å². The van der Waals surface area contributed by atoms with Crippen molar-refractivity contribution in [3.63, 3.8) is 0 Å². The molecule has 6 nitrogen and oxygen atoms in total. The zero-order valence-electron chi connectivity index (χ0n) is 6.68. The van der Waals surface area contributed by atoms with E-state index >= 15 is 0 Å². The van der Waals surface area contributed by atoms with Gasteiger partial charge in [-0.05, 0) is 6.92 Å². The molecule has 0 atom stereocenters. The molecule has 0 aliphatic rings. The molecule has 12 heavy (non-hydrogen) atoms. The third-order valence-electron chi connectivity index (χ3n) is 0.846. The molecule has 7 heteroatoms. The lowest BCUT2D eigenvalue weighted by Gasteiger charge is -1.82. The average Bonchev–Trinajstić information content (AvgIpc) is 2.39. The summed E-state index contributed by atoms with van der Waals surface area (Å²) in [6.45, 7) is 1.92. The van der Waals surface area contributed by atoms with Crippen molar-refractivity contribution in [1.29, 1.82) is 0 Å². The van der Waals surface area contributed by atoms with Gasteiger partial charge < -0.3 is 4.98 Å². The van der Waals surface area contributed by atoms with Gasteiger partial charge in [0.05, 0.1) is 7.11 Å². The van der Waals surface area contributed by atoms with E-state index in [1.165, 1.54) is 0 Å². The summed E-state index contributed by atoms with van der Waals surface area (Å²) >= 11 is 0. The van der Waals surface area contributed by atoms with Gasteiger partial charge in [0.15, 0.2) is 0 Å². The smallest absolute Gasteiger partial charge is 0.349 e. The Bertz CT molecular complexity index is 291. The maximum absolute atomic E-state index is 9.33. The molecular formula is C5H10N2O4S. The second-order valence-corrected chi connectivity index (χ2v) is 2.96. The van der Waals surface area contributed by atoms with E-state index in [2.05, 4.69) is 14.2 Å². The quantitative estimate of drug-likeness (QED) is 0.621. The molecule has 0 spiro atoms. The largest absolute Gasteiger partial charge is 0.397 e. The van der Waals surface area contributed by atoms with Crippen LogP contribution in [-0.2, 0) is 14.6 Å². The minimum absolute atomic E-state index is 0.870. The molecule has 1 rings (SSSR count). The number of nitrogens with zero attached hydrogens (tertiary/aromatic N) is 1. The van der Waals surface area contributed by atoms with Crippen LogP contribution >= 0.6 is 0 Å². The molecule has 1 heterocycles. The molecule has 0 unspecified atom stereocenters. The number of hydrogen-bond donors (Lipinski definition) is 2. The Morgan fingerprint density at radius 2 is 2.17 bits per heavy atom. The molecule has 0 fully saturated rings. The number of H-pyrrole nitrogens is 1. The summed E-state index contributed by atoms with van der Waals surface area (Å²) in [5, 5.41) is 0. The van der Waals surface area contributed by atoms with Gasteiger partial charge in [-0.25, -0.2) is 4.98 Å². The van der Waals surface area contributed by atoms with Crippen molar-refractivity contribution in [3.05, 3.63) is 18.2 Å². The van der Waals surface area contributed by atoms with Crippen LogP contribution in [-0.4, -0.2) is 30.0 Å². The van der Waals surface area contributed by atoms with E-state index in [4.69, 9.17) is 4.55 Å². The highest BCUT2D eigenvalue weighted by molar-refractivity contribution is 7.80. The van der Waals surface area contributed by atoms with Gasteiger partial charge in [0.25, 0.3) is 0 Å². The molecule has 0 saturated heterocycles. The van der Waals surface area contributed by atoms with Crippen LogP contribution in [0.15, 0.2) is 12.4 Å². The van der Waals surface area contributed by atoms with Crippen LogP contribution in [0.25, 0.3) is 0 Å². The number of nitrogens with one attached hydrogen (secondary N) is 1. The molecule has 70 valence electrons. The lowest BCUT2D eigenvalue weighted by atomic mass is 10.8. The Hall–Kier alpha value is -0.920. The van der Waals surface area contributed by atoms with E-state index in [1.54, 1.807) is 12.4 Å². The lowest BCUT2D eigenvalue weighted by molar-refractivity contribution is 0.324. The molecule has 0 bridgehead atoms. The van der Waals surface area contributed by atoms with Gasteiger partial charge in [-0.1, -0.05) is 0 Å². The number of hydrogen-bond acceptors (Lipinski definition) is 4. The van der Waals surface area contributed by atoms with Crippen LogP contribution in [0, 0.1) is 6.92 Å². The molecule has 0 aromatic carbocycles. The van der Waals surface area contributed by atoms with E-state index in [1.807, 2.05) is 6.92 Å². The third kappa shape index (κ3) is 7.19. The zero-order chi connectivity index (χ0) is 9.61. The average molecular weight is 194 g/mol. The monoisotopic (exact) mass is 194 g/mol. The topological polar surface area (TPSA) is 92.3 Å². The fourth-order valence-electron chi connectivity index (χ4n) is 0.344. The number of aromatic amines is 1. The van der Waals surface area contributed by atoms with Crippen LogP contribution < -0.4 is 0 Å².